The van der Waals surface area contributed by atoms with Gasteiger partial charge in [-0.15, -0.1) is 0 Å². The summed E-state index contributed by atoms with van der Waals surface area (Å²) in [6.07, 6.45) is 5.50. The monoisotopic (exact) mass is 262 g/mol. The van der Waals surface area contributed by atoms with Gasteiger partial charge in [-0.3, -0.25) is 4.79 Å². The number of Topliss-reactive ketones (excluding diaryl/α,β-unsaturated/α-hetero) is 1. The molecule has 0 amide bonds. The smallest absolute Gasteiger partial charge is 0.172 e. The lowest BCUT2D eigenvalue weighted by Crippen LogP contribution is -2.06. The lowest BCUT2D eigenvalue weighted by Gasteiger charge is -2.08. The molecule has 1 aliphatic carbocycles. The van der Waals surface area contributed by atoms with Crippen molar-refractivity contribution < 1.29 is 4.79 Å². The zero-order chi connectivity index (χ0) is 13.0. The van der Waals surface area contributed by atoms with Gasteiger partial charge in [0.25, 0.3) is 0 Å². The van der Waals surface area contributed by atoms with Crippen molar-refractivity contribution >= 4 is 17.5 Å². The number of carbonyl (C=O) groups is 1. The van der Waals surface area contributed by atoms with E-state index in [1.165, 1.54) is 36.8 Å². The molecule has 0 saturated heterocycles. The molecule has 0 atom stereocenters. The van der Waals surface area contributed by atoms with Crippen LogP contribution in [-0.4, -0.2) is 17.3 Å². The van der Waals surface area contributed by atoms with Gasteiger partial charge in [-0.2, -0.15) is 11.8 Å². The number of rotatable bonds is 5. The van der Waals surface area contributed by atoms with Gasteiger partial charge in [-0.05, 0) is 55.6 Å². The Hall–Kier alpha value is -0.760. The molecule has 2 heteroatoms. The number of aryl methyl sites for hydroxylation is 2. The van der Waals surface area contributed by atoms with E-state index in [0.717, 1.165) is 17.2 Å². The maximum absolute atomic E-state index is 12.1. The highest BCUT2D eigenvalue weighted by molar-refractivity contribution is 7.99. The predicted octanol–water partition coefficient (Wildman–Crippen LogP) is 4.41. The highest BCUT2D eigenvalue weighted by Crippen LogP contribution is 2.28. The molecule has 0 aromatic heterocycles. The topological polar surface area (TPSA) is 17.1 Å². The lowest BCUT2D eigenvalue weighted by atomic mass is 10.0. The van der Waals surface area contributed by atoms with E-state index in [0.29, 0.717) is 5.75 Å². The van der Waals surface area contributed by atoms with E-state index in [9.17, 15) is 4.79 Å². The minimum absolute atomic E-state index is 0.279. The number of hydrogen-bond acceptors (Lipinski definition) is 2. The molecule has 0 spiro atoms. The Balaban J connectivity index is 1.81. The fraction of sp³-hybridized carbons (Fsp3) is 0.562. The van der Waals surface area contributed by atoms with Crippen LogP contribution in [0.3, 0.4) is 0 Å². The average Bonchev–Trinajstić information content (AvgIpc) is 2.85. The zero-order valence-electron chi connectivity index (χ0n) is 11.4. The van der Waals surface area contributed by atoms with E-state index in [-0.39, 0.29) is 5.78 Å². The van der Waals surface area contributed by atoms with Crippen molar-refractivity contribution in [3.8, 4) is 0 Å². The van der Waals surface area contributed by atoms with Crippen LogP contribution < -0.4 is 0 Å². The molecule has 18 heavy (non-hydrogen) atoms. The van der Waals surface area contributed by atoms with Crippen LogP contribution in [-0.2, 0) is 0 Å². The highest BCUT2D eigenvalue weighted by Gasteiger charge is 2.15. The Kier molecular flexibility index (Phi) is 4.87. The molecule has 0 N–H and O–H groups in total. The molecule has 1 nitrogen and oxygen atoms in total. The van der Waals surface area contributed by atoms with Crippen LogP contribution in [0.2, 0.25) is 0 Å². The third-order valence-corrected chi connectivity index (χ3v) is 5.06. The normalized spacial score (nSPS) is 16.1. The summed E-state index contributed by atoms with van der Waals surface area (Å²) in [7, 11) is 0. The quantitative estimate of drug-likeness (QED) is 0.731. The molecule has 0 heterocycles. The van der Waals surface area contributed by atoms with Gasteiger partial charge in [0.15, 0.2) is 5.78 Å². The average molecular weight is 262 g/mol. The molecule has 1 fully saturated rings. The maximum atomic E-state index is 12.1. The summed E-state index contributed by atoms with van der Waals surface area (Å²) >= 11 is 1.81. The first-order chi connectivity index (χ1) is 8.66. The van der Waals surface area contributed by atoms with Crippen LogP contribution in [0.5, 0.6) is 0 Å². The van der Waals surface area contributed by atoms with Crippen LogP contribution >= 0.6 is 11.8 Å². The van der Waals surface area contributed by atoms with Gasteiger partial charge in [0.05, 0.1) is 5.75 Å². The Labute approximate surface area is 114 Å². The minimum Gasteiger partial charge on any atom is -0.293 e. The van der Waals surface area contributed by atoms with Crippen molar-refractivity contribution in [1.82, 2.24) is 0 Å². The molecular formula is C16H22OS. The van der Waals surface area contributed by atoms with Crippen molar-refractivity contribution in [1.29, 1.82) is 0 Å². The number of ketones is 1. The summed E-state index contributed by atoms with van der Waals surface area (Å²) < 4.78 is 0. The van der Waals surface area contributed by atoms with Crippen LogP contribution in [0.4, 0.5) is 0 Å². The van der Waals surface area contributed by atoms with Gasteiger partial charge in [-0.25, -0.2) is 0 Å². The lowest BCUT2D eigenvalue weighted by molar-refractivity contribution is 0.102. The van der Waals surface area contributed by atoms with Crippen LogP contribution in [0.25, 0.3) is 0 Å². The van der Waals surface area contributed by atoms with E-state index in [1.807, 2.05) is 30.0 Å². The first kappa shape index (κ1) is 13.7. The number of hydrogen-bond donors (Lipinski definition) is 0. The van der Waals surface area contributed by atoms with E-state index in [1.54, 1.807) is 0 Å². The second-order valence-electron chi connectivity index (χ2n) is 5.39. The van der Waals surface area contributed by atoms with E-state index in [4.69, 9.17) is 0 Å². The molecular weight excluding hydrogens is 240 g/mol. The second-order valence-corrected chi connectivity index (χ2v) is 6.42. The maximum Gasteiger partial charge on any atom is 0.172 e. The minimum atomic E-state index is 0.279. The van der Waals surface area contributed by atoms with E-state index < -0.39 is 0 Å². The van der Waals surface area contributed by atoms with Crippen molar-refractivity contribution in [2.75, 3.05) is 11.5 Å². The zero-order valence-corrected chi connectivity index (χ0v) is 12.2. The summed E-state index contributed by atoms with van der Waals surface area (Å²) in [4.78, 5) is 12.1. The van der Waals surface area contributed by atoms with Gasteiger partial charge >= 0.3 is 0 Å². The third kappa shape index (κ3) is 3.61. The summed E-state index contributed by atoms with van der Waals surface area (Å²) in [6.45, 7) is 4.15. The first-order valence-electron chi connectivity index (χ1n) is 6.85. The Morgan fingerprint density at radius 1 is 1.22 bits per heavy atom. The van der Waals surface area contributed by atoms with Gasteiger partial charge in [-0.1, -0.05) is 25.0 Å². The molecule has 1 aliphatic rings. The molecule has 1 saturated carbocycles. The SMILES string of the molecule is Cc1ccc(C(=O)CSCC2CCCC2)cc1C. The summed E-state index contributed by atoms with van der Waals surface area (Å²) in [5.41, 5.74) is 3.34. The molecule has 0 aliphatic heterocycles. The summed E-state index contributed by atoms with van der Waals surface area (Å²) in [5, 5.41) is 0. The van der Waals surface area contributed by atoms with Crippen molar-refractivity contribution in [2.45, 2.75) is 39.5 Å². The third-order valence-electron chi connectivity index (χ3n) is 3.89. The summed E-state index contributed by atoms with van der Waals surface area (Å²) in [5.74, 6) is 2.94. The molecule has 2 rings (SSSR count). The summed E-state index contributed by atoms with van der Waals surface area (Å²) in [6, 6.07) is 6.03. The standard InChI is InChI=1S/C16H22OS/c1-12-7-8-15(9-13(12)2)16(17)11-18-10-14-5-3-4-6-14/h7-9,14H,3-6,10-11H2,1-2H3. The van der Waals surface area contributed by atoms with E-state index >= 15 is 0 Å². The van der Waals surface area contributed by atoms with Crippen molar-refractivity contribution in [2.24, 2.45) is 5.92 Å². The van der Waals surface area contributed by atoms with Crippen LogP contribution in [0.15, 0.2) is 18.2 Å². The Morgan fingerprint density at radius 3 is 2.61 bits per heavy atom. The van der Waals surface area contributed by atoms with Gasteiger partial charge in [0.1, 0.15) is 0 Å². The van der Waals surface area contributed by atoms with Gasteiger partial charge in [0.2, 0.25) is 0 Å². The molecule has 0 radical (unpaired) electrons. The van der Waals surface area contributed by atoms with Crippen LogP contribution in [0, 0.1) is 19.8 Å². The fourth-order valence-corrected chi connectivity index (χ4v) is 3.63. The highest BCUT2D eigenvalue weighted by atomic mass is 32.2. The van der Waals surface area contributed by atoms with E-state index in [2.05, 4.69) is 13.8 Å². The fourth-order valence-electron chi connectivity index (χ4n) is 2.49. The second kappa shape index (κ2) is 6.42. The largest absolute Gasteiger partial charge is 0.293 e. The Morgan fingerprint density at radius 2 is 1.94 bits per heavy atom. The molecule has 1 aromatic carbocycles. The molecule has 98 valence electrons. The van der Waals surface area contributed by atoms with Crippen molar-refractivity contribution in [3.63, 3.8) is 0 Å². The molecule has 1 aromatic rings. The van der Waals surface area contributed by atoms with Gasteiger partial charge < -0.3 is 0 Å². The first-order valence-corrected chi connectivity index (χ1v) is 8.00. The number of benzene rings is 1. The molecule has 0 unspecified atom stereocenters. The number of carbonyl (C=O) groups excluding carboxylic acids is 1. The number of thioether (sulfide) groups is 1. The van der Waals surface area contributed by atoms with Gasteiger partial charge in [0, 0.05) is 5.56 Å². The van der Waals surface area contributed by atoms with Crippen LogP contribution in [0.1, 0.15) is 47.2 Å². The predicted molar refractivity (Wildman–Crippen MR) is 79.5 cm³/mol. The van der Waals surface area contributed by atoms with Crippen molar-refractivity contribution in [3.05, 3.63) is 34.9 Å². The Bertz CT molecular complexity index is 419. The molecule has 0 bridgehead atoms.